The molecule has 0 radical (unpaired) electrons. The average molecular weight is 243 g/mol. The summed E-state index contributed by atoms with van der Waals surface area (Å²) in [5.74, 6) is -3.31. The van der Waals surface area contributed by atoms with Crippen molar-refractivity contribution in [2.75, 3.05) is 6.54 Å². The van der Waals surface area contributed by atoms with Gasteiger partial charge in [0, 0.05) is 20.4 Å². The van der Waals surface area contributed by atoms with E-state index < -0.39 is 29.2 Å². The molecule has 1 aliphatic heterocycles. The summed E-state index contributed by atoms with van der Waals surface area (Å²) in [5, 5.41) is 12.0. The van der Waals surface area contributed by atoms with Crippen molar-refractivity contribution in [2.24, 2.45) is 5.92 Å². The van der Waals surface area contributed by atoms with E-state index in [0.717, 1.165) is 0 Å². The lowest BCUT2D eigenvalue weighted by Crippen LogP contribution is -2.42. The third-order valence-electron chi connectivity index (χ3n) is 2.00. The SMILES string of the molecule is CC(C)CNC(=O)C1=C(O)OC(C)(C)OC1=O. The molecule has 0 unspecified atom stereocenters. The first-order valence-electron chi connectivity index (χ1n) is 5.36. The van der Waals surface area contributed by atoms with E-state index in [9.17, 15) is 14.7 Å². The van der Waals surface area contributed by atoms with Gasteiger partial charge >= 0.3 is 11.9 Å². The number of hydrogen-bond acceptors (Lipinski definition) is 5. The normalized spacial score (nSPS) is 18.8. The number of cyclic esters (lactones) is 1. The molecule has 96 valence electrons. The number of ether oxygens (including phenoxy) is 2. The first-order chi connectivity index (χ1) is 7.73. The molecule has 0 bridgehead atoms. The molecule has 1 amide bonds. The fourth-order valence-corrected chi connectivity index (χ4v) is 1.24. The fourth-order valence-electron chi connectivity index (χ4n) is 1.24. The van der Waals surface area contributed by atoms with Gasteiger partial charge in [0.05, 0.1) is 0 Å². The van der Waals surface area contributed by atoms with E-state index in [2.05, 4.69) is 5.32 Å². The number of amides is 1. The molecule has 0 aromatic carbocycles. The van der Waals surface area contributed by atoms with Crippen molar-refractivity contribution in [3.05, 3.63) is 11.5 Å². The van der Waals surface area contributed by atoms with Gasteiger partial charge in [-0.2, -0.15) is 0 Å². The molecule has 0 aromatic heterocycles. The summed E-state index contributed by atoms with van der Waals surface area (Å²) in [6.07, 6.45) is 0. The molecular formula is C11H17NO5. The number of aliphatic hydroxyl groups is 1. The molecule has 2 N–H and O–H groups in total. The minimum atomic E-state index is -1.26. The predicted molar refractivity (Wildman–Crippen MR) is 58.8 cm³/mol. The van der Waals surface area contributed by atoms with Gasteiger partial charge in [0.2, 0.25) is 5.57 Å². The lowest BCUT2D eigenvalue weighted by Gasteiger charge is -2.30. The third kappa shape index (κ3) is 3.37. The third-order valence-corrected chi connectivity index (χ3v) is 2.00. The Morgan fingerprint density at radius 1 is 1.41 bits per heavy atom. The molecule has 0 aromatic rings. The molecular weight excluding hydrogens is 226 g/mol. The molecule has 0 aliphatic carbocycles. The number of esters is 1. The highest BCUT2D eigenvalue weighted by molar-refractivity contribution is 6.16. The van der Waals surface area contributed by atoms with Gasteiger partial charge in [-0.3, -0.25) is 4.79 Å². The Morgan fingerprint density at radius 3 is 2.47 bits per heavy atom. The van der Waals surface area contributed by atoms with Gasteiger partial charge in [-0.1, -0.05) is 13.8 Å². The molecule has 0 saturated heterocycles. The van der Waals surface area contributed by atoms with Crippen molar-refractivity contribution < 1.29 is 24.2 Å². The van der Waals surface area contributed by atoms with Crippen molar-refractivity contribution in [1.29, 1.82) is 0 Å². The van der Waals surface area contributed by atoms with Gasteiger partial charge in [0.1, 0.15) is 0 Å². The van der Waals surface area contributed by atoms with Crippen LogP contribution < -0.4 is 5.32 Å². The van der Waals surface area contributed by atoms with Crippen LogP contribution in [0.3, 0.4) is 0 Å². The highest BCUT2D eigenvalue weighted by Crippen LogP contribution is 2.24. The van der Waals surface area contributed by atoms with Crippen molar-refractivity contribution in [1.82, 2.24) is 5.32 Å². The van der Waals surface area contributed by atoms with Gasteiger partial charge < -0.3 is 19.9 Å². The molecule has 1 heterocycles. The van der Waals surface area contributed by atoms with Crippen LogP contribution in [-0.4, -0.2) is 29.3 Å². The van der Waals surface area contributed by atoms with Crippen molar-refractivity contribution in [3.63, 3.8) is 0 Å². The number of aliphatic hydroxyl groups excluding tert-OH is 1. The molecule has 1 rings (SSSR count). The van der Waals surface area contributed by atoms with Crippen LogP contribution in [0.5, 0.6) is 0 Å². The second kappa shape index (κ2) is 4.65. The Bertz CT molecular complexity index is 370. The van der Waals surface area contributed by atoms with Crippen LogP contribution in [0, 0.1) is 5.92 Å². The summed E-state index contributed by atoms with van der Waals surface area (Å²) < 4.78 is 9.76. The largest absolute Gasteiger partial charge is 0.480 e. The molecule has 0 atom stereocenters. The van der Waals surface area contributed by atoms with E-state index in [-0.39, 0.29) is 5.92 Å². The summed E-state index contributed by atoms with van der Waals surface area (Å²) in [4.78, 5) is 23.2. The summed E-state index contributed by atoms with van der Waals surface area (Å²) in [5.41, 5.74) is -0.495. The van der Waals surface area contributed by atoms with Gasteiger partial charge in [-0.25, -0.2) is 4.79 Å². The zero-order chi connectivity index (χ0) is 13.2. The Hall–Kier alpha value is -1.72. The molecule has 6 heteroatoms. The van der Waals surface area contributed by atoms with Crippen molar-refractivity contribution >= 4 is 11.9 Å². The molecule has 0 saturated carbocycles. The lowest BCUT2D eigenvalue weighted by atomic mass is 10.2. The lowest BCUT2D eigenvalue weighted by molar-refractivity contribution is -0.221. The van der Waals surface area contributed by atoms with Crippen LogP contribution in [0.15, 0.2) is 11.5 Å². The maximum atomic E-state index is 11.6. The second-order valence-electron chi connectivity index (χ2n) is 4.68. The van der Waals surface area contributed by atoms with Crippen LogP contribution in [-0.2, 0) is 19.1 Å². The van der Waals surface area contributed by atoms with E-state index in [1.807, 2.05) is 13.8 Å². The predicted octanol–water partition coefficient (Wildman–Crippen LogP) is 0.838. The first-order valence-corrected chi connectivity index (χ1v) is 5.36. The number of rotatable bonds is 3. The van der Waals surface area contributed by atoms with E-state index in [1.165, 1.54) is 13.8 Å². The maximum absolute atomic E-state index is 11.6. The van der Waals surface area contributed by atoms with Crippen molar-refractivity contribution in [3.8, 4) is 0 Å². The summed E-state index contributed by atoms with van der Waals surface area (Å²) >= 11 is 0. The number of carbonyl (C=O) groups is 2. The van der Waals surface area contributed by atoms with E-state index in [0.29, 0.717) is 6.54 Å². The number of hydrogen-bond donors (Lipinski definition) is 2. The van der Waals surface area contributed by atoms with Gasteiger partial charge in [0.25, 0.3) is 11.7 Å². The molecule has 0 spiro atoms. The van der Waals surface area contributed by atoms with E-state index >= 15 is 0 Å². The van der Waals surface area contributed by atoms with E-state index in [1.54, 1.807) is 0 Å². The zero-order valence-corrected chi connectivity index (χ0v) is 10.4. The maximum Gasteiger partial charge on any atom is 0.354 e. The fraction of sp³-hybridized carbons (Fsp3) is 0.636. The van der Waals surface area contributed by atoms with E-state index in [4.69, 9.17) is 9.47 Å². The molecule has 17 heavy (non-hydrogen) atoms. The monoisotopic (exact) mass is 243 g/mol. The van der Waals surface area contributed by atoms with Gasteiger partial charge in [0.15, 0.2) is 0 Å². The standard InChI is InChI=1S/C11H17NO5/c1-6(2)5-12-8(13)7-9(14)16-11(3,4)17-10(7)15/h6,14H,5H2,1-4H3,(H,12,13). The molecule has 6 nitrogen and oxygen atoms in total. The summed E-state index contributed by atoms with van der Waals surface area (Å²) in [7, 11) is 0. The van der Waals surface area contributed by atoms with Gasteiger partial charge in [-0.05, 0) is 5.92 Å². The molecule has 1 aliphatic rings. The number of nitrogens with one attached hydrogen (secondary N) is 1. The van der Waals surface area contributed by atoms with Crippen LogP contribution >= 0.6 is 0 Å². The van der Waals surface area contributed by atoms with Crippen molar-refractivity contribution in [2.45, 2.75) is 33.5 Å². The highest BCUT2D eigenvalue weighted by atomic mass is 16.8. The minimum absolute atomic E-state index is 0.235. The second-order valence-corrected chi connectivity index (χ2v) is 4.68. The van der Waals surface area contributed by atoms with Crippen LogP contribution in [0.2, 0.25) is 0 Å². The Balaban J connectivity index is 2.82. The summed E-state index contributed by atoms with van der Waals surface area (Å²) in [6, 6.07) is 0. The smallest absolute Gasteiger partial charge is 0.354 e. The Morgan fingerprint density at radius 2 is 2.00 bits per heavy atom. The summed E-state index contributed by atoms with van der Waals surface area (Å²) in [6.45, 7) is 7.14. The Labute approximate surface area is 99.6 Å². The number of carbonyl (C=O) groups excluding carboxylic acids is 2. The molecule has 0 fully saturated rings. The van der Waals surface area contributed by atoms with Gasteiger partial charge in [-0.15, -0.1) is 0 Å². The Kier molecular flexibility index (Phi) is 3.65. The minimum Gasteiger partial charge on any atom is -0.480 e. The first kappa shape index (κ1) is 13.3. The zero-order valence-electron chi connectivity index (χ0n) is 10.4. The van der Waals surface area contributed by atoms with Crippen LogP contribution in [0.25, 0.3) is 0 Å². The van der Waals surface area contributed by atoms with Crippen LogP contribution in [0.4, 0.5) is 0 Å². The topological polar surface area (TPSA) is 84.9 Å². The van der Waals surface area contributed by atoms with Crippen LogP contribution in [0.1, 0.15) is 27.7 Å². The average Bonchev–Trinajstić information content (AvgIpc) is 2.11. The quantitative estimate of drug-likeness (QED) is 0.566. The highest BCUT2D eigenvalue weighted by Gasteiger charge is 2.39.